The molecule has 20 heavy (non-hydrogen) atoms. The standard InChI is InChI=1S/C13H23N2O2.2CH4.Y/c1-10-8-6-4-3-5-7-9-14-13(17)11(2)15-12(10)16;;;/h10-11H,1,3-9H2,2H3,(H,14,17)(H,15,16);2*1H4;/q-1;;;. The minimum absolute atomic E-state index is 0. The van der Waals surface area contributed by atoms with E-state index in [4.69, 9.17) is 0 Å². The van der Waals surface area contributed by atoms with Crippen molar-refractivity contribution in [2.24, 2.45) is 5.92 Å². The Balaban J connectivity index is -0.000000963. The second-order valence-corrected chi connectivity index (χ2v) is 4.77. The molecule has 1 rings (SSSR count). The van der Waals surface area contributed by atoms with E-state index in [1.54, 1.807) is 6.92 Å². The Labute approximate surface area is 150 Å². The number of nitrogens with one attached hydrogen (secondary N) is 2. The molecular formula is C15H31N2O2Y-. The molecule has 1 radical (unpaired) electrons. The second kappa shape index (κ2) is 14.0. The normalized spacial score (nSPS) is 24.9. The average Bonchev–Trinajstić information content (AvgIpc) is 2.31. The molecule has 5 heteroatoms. The monoisotopic (exact) mass is 360 g/mol. The smallest absolute Gasteiger partial charge is 0.242 e. The fourth-order valence-corrected chi connectivity index (χ4v) is 1.94. The van der Waals surface area contributed by atoms with Crippen LogP contribution in [0.3, 0.4) is 0 Å². The maximum Gasteiger partial charge on any atom is 0.242 e. The molecule has 0 saturated carbocycles. The Morgan fingerprint density at radius 2 is 1.55 bits per heavy atom. The van der Waals surface area contributed by atoms with Gasteiger partial charge in [0.05, 0.1) is 0 Å². The van der Waals surface area contributed by atoms with E-state index < -0.39 is 6.04 Å². The van der Waals surface area contributed by atoms with Crippen LogP contribution in [0.15, 0.2) is 0 Å². The first-order chi connectivity index (χ1) is 8.11. The molecule has 0 bridgehead atoms. The van der Waals surface area contributed by atoms with E-state index in [0.29, 0.717) is 6.54 Å². The third-order valence-electron chi connectivity index (χ3n) is 3.15. The molecule has 2 amide bonds. The van der Waals surface area contributed by atoms with Gasteiger partial charge in [-0.05, 0) is 13.3 Å². The zero-order valence-corrected chi connectivity index (χ0v) is 14.0. The number of hydrogen-bond acceptors (Lipinski definition) is 2. The van der Waals surface area contributed by atoms with E-state index >= 15 is 0 Å². The van der Waals surface area contributed by atoms with Gasteiger partial charge in [0, 0.05) is 39.3 Å². The Hall–Kier alpha value is 0.0439. The van der Waals surface area contributed by atoms with Gasteiger partial charge < -0.3 is 17.6 Å². The summed E-state index contributed by atoms with van der Waals surface area (Å²) < 4.78 is 0. The number of rotatable bonds is 0. The Bertz CT molecular complexity index is 273. The van der Waals surface area contributed by atoms with Crippen LogP contribution in [0.1, 0.15) is 60.3 Å². The molecule has 1 aliphatic heterocycles. The Morgan fingerprint density at radius 3 is 2.20 bits per heavy atom. The summed E-state index contributed by atoms with van der Waals surface area (Å²) in [6, 6.07) is -0.465. The van der Waals surface area contributed by atoms with Gasteiger partial charge in [-0.25, -0.2) is 0 Å². The number of hydrogen-bond donors (Lipinski definition) is 2. The van der Waals surface area contributed by atoms with Crippen LogP contribution in [0.5, 0.6) is 0 Å². The maximum absolute atomic E-state index is 11.7. The zero-order chi connectivity index (χ0) is 12.7. The minimum Gasteiger partial charge on any atom is -0.354 e. The number of amides is 2. The molecule has 1 fully saturated rings. The van der Waals surface area contributed by atoms with Crippen LogP contribution in [-0.4, -0.2) is 24.4 Å². The van der Waals surface area contributed by atoms with Crippen LogP contribution in [0.4, 0.5) is 0 Å². The molecule has 0 spiro atoms. The van der Waals surface area contributed by atoms with Gasteiger partial charge in [0.15, 0.2) is 5.91 Å². The number of carbonyl (C=O) groups excluding carboxylic acids is 2. The Morgan fingerprint density at radius 1 is 1.00 bits per heavy atom. The van der Waals surface area contributed by atoms with Gasteiger partial charge in [0.2, 0.25) is 5.91 Å². The first-order valence-electron chi connectivity index (χ1n) is 6.52. The van der Waals surface area contributed by atoms with Gasteiger partial charge in [-0.3, -0.25) is 9.59 Å². The van der Waals surface area contributed by atoms with Crippen molar-refractivity contribution < 1.29 is 42.3 Å². The van der Waals surface area contributed by atoms with Crippen LogP contribution in [0, 0.1) is 12.8 Å². The van der Waals surface area contributed by atoms with Crippen LogP contribution in [0.2, 0.25) is 0 Å². The van der Waals surface area contributed by atoms with E-state index in [9.17, 15) is 9.59 Å². The van der Waals surface area contributed by atoms with Crippen molar-refractivity contribution >= 4 is 11.8 Å². The van der Waals surface area contributed by atoms with Crippen LogP contribution >= 0.6 is 0 Å². The summed E-state index contributed by atoms with van der Waals surface area (Å²) in [5.41, 5.74) is 0. The molecule has 2 N–H and O–H groups in total. The molecular weight excluding hydrogens is 329 g/mol. The van der Waals surface area contributed by atoms with Crippen molar-refractivity contribution in [3.63, 3.8) is 0 Å². The molecule has 4 nitrogen and oxygen atoms in total. The first kappa shape index (κ1) is 25.0. The van der Waals surface area contributed by atoms with Gasteiger partial charge in [-0.2, -0.15) is 0 Å². The van der Waals surface area contributed by atoms with Crippen molar-refractivity contribution in [1.29, 1.82) is 0 Å². The fraction of sp³-hybridized carbons (Fsp3) is 0.800. The van der Waals surface area contributed by atoms with Gasteiger partial charge in [0.1, 0.15) is 6.04 Å². The SMILES string of the molecule is C.C.[CH2-]C1CCCCCCCNC(=O)C(C)NC1=O.[Y]. The molecule has 0 aromatic heterocycles. The Kier molecular flexibility index (Phi) is 17.5. The molecule has 0 aromatic carbocycles. The molecule has 2 unspecified atom stereocenters. The van der Waals surface area contributed by atoms with Gasteiger partial charge >= 0.3 is 0 Å². The van der Waals surface area contributed by atoms with Gasteiger partial charge in [0.25, 0.3) is 0 Å². The van der Waals surface area contributed by atoms with E-state index in [1.165, 1.54) is 6.42 Å². The number of carbonyl (C=O) groups is 2. The fourth-order valence-electron chi connectivity index (χ4n) is 1.94. The summed E-state index contributed by atoms with van der Waals surface area (Å²) in [4.78, 5) is 23.3. The summed E-state index contributed by atoms with van der Waals surface area (Å²) in [7, 11) is 0. The van der Waals surface area contributed by atoms with Gasteiger partial charge in [-0.1, -0.05) is 52.9 Å². The molecule has 1 heterocycles. The summed E-state index contributed by atoms with van der Waals surface area (Å²) >= 11 is 0. The van der Waals surface area contributed by atoms with Crippen molar-refractivity contribution in [2.75, 3.05) is 6.54 Å². The second-order valence-electron chi connectivity index (χ2n) is 4.77. The molecule has 0 aliphatic carbocycles. The van der Waals surface area contributed by atoms with E-state index in [2.05, 4.69) is 17.6 Å². The largest absolute Gasteiger partial charge is 0.354 e. The van der Waals surface area contributed by atoms with Crippen molar-refractivity contribution in [3.05, 3.63) is 6.92 Å². The molecule has 2 atom stereocenters. The zero-order valence-electron chi connectivity index (χ0n) is 11.2. The van der Waals surface area contributed by atoms with Gasteiger partial charge in [-0.15, -0.1) is 0 Å². The van der Waals surface area contributed by atoms with Crippen LogP contribution in [-0.2, 0) is 42.3 Å². The van der Waals surface area contributed by atoms with Crippen molar-refractivity contribution in [2.45, 2.75) is 66.3 Å². The van der Waals surface area contributed by atoms with Crippen molar-refractivity contribution in [3.8, 4) is 0 Å². The molecule has 117 valence electrons. The quantitative estimate of drug-likeness (QED) is 0.653. The molecule has 0 aromatic rings. The van der Waals surface area contributed by atoms with E-state index in [0.717, 1.165) is 32.1 Å². The van der Waals surface area contributed by atoms with Crippen LogP contribution < -0.4 is 10.6 Å². The third-order valence-corrected chi connectivity index (χ3v) is 3.15. The molecule has 1 aliphatic rings. The predicted molar refractivity (Wildman–Crippen MR) is 80.6 cm³/mol. The summed E-state index contributed by atoms with van der Waals surface area (Å²) in [6.45, 7) is 6.25. The molecule has 1 saturated heterocycles. The minimum atomic E-state index is -0.465. The van der Waals surface area contributed by atoms with E-state index in [1.807, 2.05) is 0 Å². The third kappa shape index (κ3) is 9.87. The summed E-state index contributed by atoms with van der Waals surface area (Å²) in [6.07, 6.45) is 6.30. The van der Waals surface area contributed by atoms with E-state index in [-0.39, 0.29) is 65.3 Å². The first-order valence-corrected chi connectivity index (χ1v) is 6.52. The van der Waals surface area contributed by atoms with Crippen LogP contribution in [0.25, 0.3) is 0 Å². The topological polar surface area (TPSA) is 58.2 Å². The van der Waals surface area contributed by atoms with Crippen molar-refractivity contribution in [1.82, 2.24) is 10.6 Å². The predicted octanol–water partition coefficient (Wildman–Crippen LogP) is 2.68. The maximum atomic E-state index is 11.7. The average molecular weight is 360 g/mol. The summed E-state index contributed by atoms with van der Waals surface area (Å²) in [5.74, 6) is -0.470. The summed E-state index contributed by atoms with van der Waals surface area (Å²) in [5, 5.41) is 5.54.